The SMILES string of the molecule is COc1ccc(CC(=O)N2CCc3cc(C(C)=O)ccc32)cc1OC. The van der Waals surface area contributed by atoms with E-state index in [1.54, 1.807) is 38.2 Å². The molecule has 1 aliphatic rings. The fourth-order valence-corrected chi connectivity index (χ4v) is 3.14. The Bertz CT molecular complexity index is 828. The first-order chi connectivity index (χ1) is 12.0. The average molecular weight is 339 g/mol. The van der Waals surface area contributed by atoms with Crippen molar-refractivity contribution >= 4 is 17.4 Å². The van der Waals surface area contributed by atoms with Crippen LogP contribution < -0.4 is 14.4 Å². The van der Waals surface area contributed by atoms with E-state index >= 15 is 0 Å². The van der Waals surface area contributed by atoms with Gasteiger partial charge in [0.05, 0.1) is 20.6 Å². The molecule has 0 aromatic heterocycles. The highest BCUT2D eigenvalue weighted by Gasteiger charge is 2.25. The molecule has 1 amide bonds. The van der Waals surface area contributed by atoms with Crippen LogP contribution in [-0.2, 0) is 17.6 Å². The monoisotopic (exact) mass is 339 g/mol. The molecule has 2 aromatic carbocycles. The molecular formula is C20H21NO4. The zero-order valence-electron chi connectivity index (χ0n) is 14.7. The van der Waals surface area contributed by atoms with Crippen LogP contribution in [0.5, 0.6) is 11.5 Å². The zero-order chi connectivity index (χ0) is 18.0. The van der Waals surface area contributed by atoms with Gasteiger partial charge in [0, 0.05) is 17.8 Å². The third-order valence-electron chi connectivity index (χ3n) is 4.49. The molecule has 5 nitrogen and oxygen atoms in total. The molecule has 0 saturated carbocycles. The van der Waals surface area contributed by atoms with Crippen molar-refractivity contribution in [1.82, 2.24) is 0 Å². The molecular weight excluding hydrogens is 318 g/mol. The second-order valence-electron chi connectivity index (χ2n) is 6.06. The number of carbonyl (C=O) groups is 2. The van der Waals surface area contributed by atoms with Gasteiger partial charge in [-0.1, -0.05) is 6.07 Å². The fraction of sp³-hybridized carbons (Fsp3) is 0.300. The molecule has 3 rings (SSSR count). The smallest absolute Gasteiger partial charge is 0.231 e. The maximum atomic E-state index is 12.7. The summed E-state index contributed by atoms with van der Waals surface area (Å²) in [5, 5.41) is 0. The van der Waals surface area contributed by atoms with E-state index in [1.807, 2.05) is 24.3 Å². The van der Waals surface area contributed by atoms with Gasteiger partial charge in [-0.25, -0.2) is 0 Å². The Kier molecular flexibility index (Phi) is 4.74. The molecule has 0 bridgehead atoms. The molecule has 0 atom stereocenters. The number of Topliss-reactive ketones (excluding diaryl/α,β-unsaturated/α-hetero) is 1. The molecule has 0 unspecified atom stereocenters. The molecule has 0 spiro atoms. The number of anilines is 1. The number of hydrogen-bond acceptors (Lipinski definition) is 4. The quantitative estimate of drug-likeness (QED) is 0.786. The molecule has 25 heavy (non-hydrogen) atoms. The minimum Gasteiger partial charge on any atom is -0.493 e. The van der Waals surface area contributed by atoms with E-state index < -0.39 is 0 Å². The average Bonchev–Trinajstić information content (AvgIpc) is 3.04. The van der Waals surface area contributed by atoms with Crippen molar-refractivity contribution in [1.29, 1.82) is 0 Å². The van der Waals surface area contributed by atoms with Crippen LogP contribution in [-0.4, -0.2) is 32.5 Å². The number of fused-ring (bicyclic) bond motifs is 1. The van der Waals surface area contributed by atoms with Crippen LogP contribution >= 0.6 is 0 Å². The largest absolute Gasteiger partial charge is 0.493 e. The Labute approximate surface area is 147 Å². The Hall–Kier alpha value is -2.82. The van der Waals surface area contributed by atoms with Gasteiger partial charge in [0.15, 0.2) is 17.3 Å². The second kappa shape index (κ2) is 6.97. The Morgan fingerprint density at radius 1 is 1.04 bits per heavy atom. The van der Waals surface area contributed by atoms with Crippen LogP contribution in [0.3, 0.4) is 0 Å². The number of benzene rings is 2. The van der Waals surface area contributed by atoms with Crippen molar-refractivity contribution < 1.29 is 19.1 Å². The van der Waals surface area contributed by atoms with E-state index in [0.29, 0.717) is 23.6 Å². The molecule has 2 aromatic rings. The van der Waals surface area contributed by atoms with Crippen molar-refractivity contribution in [3.63, 3.8) is 0 Å². The third kappa shape index (κ3) is 3.36. The Morgan fingerprint density at radius 2 is 1.80 bits per heavy atom. The highest BCUT2D eigenvalue weighted by Crippen LogP contribution is 2.31. The number of carbonyl (C=O) groups excluding carboxylic acids is 2. The molecule has 1 aliphatic heterocycles. The minimum absolute atomic E-state index is 0.0292. The van der Waals surface area contributed by atoms with Crippen LogP contribution in [0, 0.1) is 0 Å². The van der Waals surface area contributed by atoms with Crippen LogP contribution in [0.4, 0.5) is 5.69 Å². The predicted molar refractivity (Wildman–Crippen MR) is 95.8 cm³/mol. The Balaban J connectivity index is 1.79. The number of amides is 1. The maximum Gasteiger partial charge on any atom is 0.231 e. The number of hydrogen-bond donors (Lipinski definition) is 0. The van der Waals surface area contributed by atoms with Gasteiger partial charge in [0.25, 0.3) is 0 Å². The van der Waals surface area contributed by atoms with Crippen molar-refractivity contribution in [3.8, 4) is 11.5 Å². The minimum atomic E-state index is 0.0292. The predicted octanol–water partition coefficient (Wildman–Crippen LogP) is 3.04. The van der Waals surface area contributed by atoms with Crippen molar-refractivity contribution in [2.45, 2.75) is 19.8 Å². The van der Waals surface area contributed by atoms with E-state index in [4.69, 9.17) is 9.47 Å². The number of ether oxygens (including phenoxy) is 2. The molecule has 130 valence electrons. The molecule has 1 heterocycles. The summed E-state index contributed by atoms with van der Waals surface area (Å²) in [6, 6.07) is 11.0. The first-order valence-corrected chi connectivity index (χ1v) is 8.18. The number of methoxy groups -OCH3 is 2. The van der Waals surface area contributed by atoms with Gasteiger partial charge in [-0.15, -0.1) is 0 Å². The second-order valence-corrected chi connectivity index (χ2v) is 6.06. The number of rotatable bonds is 5. The lowest BCUT2D eigenvalue weighted by Gasteiger charge is -2.18. The Morgan fingerprint density at radius 3 is 2.48 bits per heavy atom. The van der Waals surface area contributed by atoms with Crippen molar-refractivity contribution in [3.05, 3.63) is 53.1 Å². The first kappa shape index (κ1) is 17.0. The van der Waals surface area contributed by atoms with Gasteiger partial charge in [-0.3, -0.25) is 9.59 Å². The van der Waals surface area contributed by atoms with E-state index in [2.05, 4.69) is 0 Å². The maximum absolute atomic E-state index is 12.7. The fourth-order valence-electron chi connectivity index (χ4n) is 3.14. The summed E-state index contributed by atoms with van der Waals surface area (Å²) in [6.45, 7) is 2.19. The summed E-state index contributed by atoms with van der Waals surface area (Å²) in [4.78, 5) is 26.0. The zero-order valence-corrected chi connectivity index (χ0v) is 14.7. The summed E-state index contributed by atoms with van der Waals surface area (Å²) in [5.74, 6) is 1.32. The van der Waals surface area contributed by atoms with Gasteiger partial charge in [0.2, 0.25) is 5.91 Å². The molecule has 0 radical (unpaired) electrons. The summed E-state index contributed by atoms with van der Waals surface area (Å²) in [5.41, 5.74) is 3.51. The van der Waals surface area contributed by atoms with Crippen LogP contribution in [0.1, 0.15) is 28.4 Å². The normalized spacial score (nSPS) is 12.7. The highest BCUT2D eigenvalue weighted by molar-refractivity contribution is 5.99. The molecule has 5 heteroatoms. The molecule has 0 saturated heterocycles. The lowest BCUT2D eigenvalue weighted by molar-refractivity contribution is -0.117. The molecule has 0 aliphatic carbocycles. The first-order valence-electron chi connectivity index (χ1n) is 8.18. The van der Waals surface area contributed by atoms with Gasteiger partial charge >= 0.3 is 0 Å². The highest BCUT2D eigenvalue weighted by atomic mass is 16.5. The van der Waals surface area contributed by atoms with Gasteiger partial charge in [-0.2, -0.15) is 0 Å². The van der Waals surface area contributed by atoms with Crippen molar-refractivity contribution in [2.75, 3.05) is 25.7 Å². The van der Waals surface area contributed by atoms with Crippen LogP contribution in [0.25, 0.3) is 0 Å². The van der Waals surface area contributed by atoms with Crippen LogP contribution in [0.15, 0.2) is 36.4 Å². The summed E-state index contributed by atoms with van der Waals surface area (Å²) in [7, 11) is 3.16. The summed E-state index contributed by atoms with van der Waals surface area (Å²) >= 11 is 0. The van der Waals surface area contributed by atoms with Gasteiger partial charge in [-0.05, 0) is 54.8 Å². The topological polar surface area (TPSA) is 55.8 Å². The number of ketones is 1. The van der Waals surface area contributed by atoms with Crippen LogP contribution in [0.2, 0.25) is 0 Å². The standard InChI is InChI=1S/C20H21NO4/c1-13(22)15-5-6-17-16(12-15)8-9-21(17)20(23)11-14-4-7-18(24-2)19(10-14)25-3/h4-7,10,12H,8-9,11H2,1-3H3. The van der Waals surface area contributed by atoms with Crippen molar-refractivity contribution in [2.24, 2.45) is 0 Å². The van der Waals surface area contributed by atoms with Gasteiger partial charge < -0.3 is 14.4 Å². The van der Waals surface area contributed by atoms with E-state index in [9.17, 15) is 9.59 Å². The van der Waals surface area contributed by atoms with E-state index in [0.717, 1.165) is 23.2 Å². The lowest BCUT2D eigenvalue weighted by Crippen LogP contribution is -2.30. The van der Waals surface area contributed by atoms with Gasteiger partial charge in [0.1, 0.15) is 0 Å². The lowest BCUT2D eigenvalue weighted by atomic mass is 10.1. The molecule has 0 fully saturated rings. The third-order valence-corrected chi connectivity index (χ3v) is 4.49. The molecule has 0 N–H and O–H groups in total. The van der Waals surface area contributed by atoms with E-state index in [-0.39, 0.29) is 18.1 Å². The van der Waals surface area contributed by atoms with E-state index in [1.165, 1.54) is 0 Å². The summed E-state index contributed by atoms with van der Waals surface area (Å²) < 4.78 is 10.5. The summed E-state index contributed by atoms with van der Waals surface area (Å²) in [6.07, 6.45) is 1.06. The number of nitrogens with zero attached hydrogens (tertiary/aromatic N) is 1.